The third kappa shape index (κ3) is 4.29. The van der Waals surface area contributed by atoms with E-state index in [4.69, 9.17) is 0 Å². The topological polar surface area (TPSA) is 98.2 Å². The number of aliphatic carboxylic acids is 1. The standard InChI is InChI=1S/C26H42N2O5S/c1-9-12-27(25(7,8)14-24(4,5)6)22(31)20-26-11-10-17(34-26)18(23(32)33)19(26)21(30)28(20)16(13-29)15(2)3/h9,15-20,29H,1,10-14H2,2-8H3,(H,32,33)/t16-,17+,18-,19-,20?,26?/m0/s1. The van der Waals surface area contributed by atoms with Gasteiger partial charge in [0.1, 0.15) is 6.04 Å². The molecule has 0 aromatic heterocycles. The highest BCUT2D eigenvalue weighted by molar-refractivity contribution is 8.02. The lowest BCUT2D eigenvalue weighted by Crippen LogP contribution is -2.62. The first kappa shape index (κ1) is 27.1. The monoisotopic (exact) mass is 494 g/mol. The lowest BCUT2D eigenvalue weighted by molar-refractivity contribution is -0.151. The molecule has 0 radical (unpaired) electrons. The minimum Gasteiger partial charge on any atom is -0.481 e. The van der Waals surface area contributed by atoms with Crippen molar-refractivity contribution >= 4 is 29.5 Å². The Hall–Kier alpha value is -1.54. The second-order valence-corrected chi connectivity index (χ2v) is 14.0. The number of aliphatic hydroxyl groups excluding tert-OH is 1. The number of fused-ring (bicyclic) bond motifs is 1. The molecule has 2 N–H and O–H groups in total. The van der Waals surface area contributed by atoms with Crippen molar-refractivity contribution in [2.24, 2.45) is 23.2 Å². The molecule has 1 spiro atoms. The Morgan fingerprint density at radius 3 is 2.38 bits per heavy atom. The van der Waals surface area contributed by atoms with Gasteiger partial charge in [-0.2, -0.15) is 0 Å². The Morgan fingerprint density at radius 1 is 1.29 bits per heavy atom. The molecule has 2 bridgehead atoms. The molecule has 6 atom stereocenters. The number of carbonyl (C=O) groups excluding carboxylic acids is 2. The molecule has 0 aromatic carbocycles. The van der Waals surface area contributed by atoms with Crippen LogP contribution in [0.2, 0.25) is 0 Å². The van der Waals surface area contributed by atoms with Crippen LogP contribution in [0.4, 0.5) is 0 Å². The number of hydrogen-bond acceptors (Lipinski definition) is 5. The van der Waals surface area contributed by atoms with E-state index in [2.05, 4.69) is 27.4 Å². The van der Waals surface area contributed by atoms with E-state index < -0.39 is 40.2 Å². The Kier molecular flexibility index (Phi) is 7.29. The van der Waals surface area contributed by atoms with Crippen molar-refractivity contribution in [3.05, 3.63) is 12.7 Å². The quantitative estimate of drug-likeness (QED) is 0.477. The van der Waals surface area contributed by atoms with E-state index in [1.54, 1.807) is 11.0 Å². The highest BCUT2D eigenvalue weighted by Gasteiger charge is 2.75. The van der Waals surface area contributed by atoms with Crippen molar-refractivity contribution in [1.29, 1.82) is 0 Å². The van der Waals surface area contributed by atoms with Crippen LogP contribution in [0.25, 0.3) is 0 Å². The van der Waals surface area contributed by atoms with Gasteiger partial charge in [-0.15, -0.1) is 18.3 Å². The van der Waals surface area contributed by atoms with Crippen LogP contribution in [-0.4, -0.2) is 78.6 Å². The van der Waals surface area contributed by atoms with E-state index in [-0.39, 0.29) is 35.0 Å². The highest BCUT2D eigenvalue weighted by Crippen LogP contribution is 2.67. The van der Waals surface area contributed by atoms with Gasteiger partial charge in [0.25, 0.3) is 0 Å². The SMILES string of the molecule is C=CCN(C(=O)C1N([C@@H](CO)C(C)C)C(=O)[C@@H]2[C@@H](C(=O)O)[C@H]3CCC12S3)C(C)(C)CC(C)(C)C. The van der Waals surface area contributed by atoms with Crippen LogP contribution in [0.15, 0.2) is 12.7 Å². The lowest BCUT2D eigenvalue weighted by Gasteiger charge is -2.47. The molecule has 7 nitrogen and oxygen atoms in total. The third-order valence-electron chi connectivity index (χ3n) is 7.84. The highest BCUT2D eigenvalue weighted by atomic mass is 32.2. The third-order valence-corrected chi connectivity index (χ3v) is 9.79. The van der Waals surface area contributed by atoms with E-state index in [1.165, 1.54) is 11.8 Å². The minimum atomic E-state index is -0.966. The Morgan fingerprint density at radius 2 is 1.91 bits per heavy atom. The summed E-state index contributed by atoms with van der Waals surface area (Å²) in [7, 11) is 0. The molecule has 2 unspecified atom stereocenters. The minimum absolute atomic E-state index is 0.0320. The van der Waals surface area contributed by atoms with Crippen molar-refractivity contribution in [3.8, 4) is 0 Å². The summed E-state index contributed by atoms with van der Waals surface area (Å²) in [5, 5.41) is 20.1. The molecule has 8 heteroatoms. The molecular weight excluding hydrogens is 452 g/mol. The molecule has 0 saturated carbocycles. The first-order valence-electron chi connectivity index (χ1n) is 12.4. The maximum Gasteiger partial charge on any atom is 0.308 e. The Bertz CT molecular complexity index is 851. The number of carboxylic acids is 1. The number of thioether (sulfide) groups is 1. The van der Waals surface area contributed by atoms with Gasteiger partial charge in [0.15, 0.2) is 0 Å². The van der Waals surface area contributed by atoms with Gasteiger partial charge >= 0.3 is 5.97 Å². The molecule has 3 rings (SSSR count). The lowest BCUT2D eigenvalue weighted by atomic mass is 9.71. The van der Waals surface area contributed by atoms with Crippen LogP contribution >= 0.6 is 11.8 Å². The number of rotatable bonds is 9. The van der Waals surface area contributed by atoms with Crippen molar-refractivity contribution in [3.63, 3.8) is 0 Å². The molecule has 3 saturated heterocycles. The molecular formula is C26H42N2O5S. The number of carbonyl (C=O) groups is 3. The first-order chi connectivity index (χ1) is 15.6. The molecule has 3 aliphatic heterocycles. The second-order valence-electron chi connectivity index (χ2n) is 12.4. The van der Waals surface area contributed by atoms with E-state index >= 15 is 0 Å². The van der Waals surface area contributed by atoms with Gasteiger partial charge in [-0.25, -0.2) is 0 Å². The van der Waals surface area contributed by atoms with E-state index in [9.17, 15) is 24.6 Å². The average molecular weight is 495 g/mol. The van der Waals surface area contributed by atoms with Gasteiger partial charge in [0.2, 0.25) is 11.8 Å². The predicted molar refractivity (Wildman–Crippen MR) is 134 cm³/mol. The van der Waals surface area contributed by atoms with Crippen LogP contribution in [-0.2, 0) is 14.4 Å². The maximum atomic E-state index is 14.5. The zero-order valence-corrected chi connectivity index (χ0v) is 22.5. The second kappa shape index (κ2) is 9.16. The van der Waals surface area contributed by atoms with E-state index in [1.807, 2.05) is 32.6 Å². The molecule has 0 aliphatic carbocycles. The average Bonchev–Trinajstić information content (AvgIpc) is 3.32. The molecule has 3 aliphatic rings. The number of hydrogen-bond donors (Lipinski definition) is 2. The molecule has 0 aromatic rings. The van der Waals surface area contributed by atoms with Crippen LogP contribution in [0, 0.1) is 23.2 Å². The summed E-state index contributed by atoms with van der Waals surface area (Å²) in [6.45, 7) is 18.3. The number of amides is 2. The van der Waals surface area contributed by atoms with Gasteiger partial charge in [-0.3, -0.25) is 14.4 Å². The maximum absolute atomic E-state index is 14.5. The number of likely N-dealkylation sites (tertiary alicyclic amines) is 1. The van der Waals surface area contributed by atoms with E-state index in [0.29, 0.717) is 19.4 Å². The first-order valence-corrected chi connectivity index (χ1v) is 13.3. The Labute approximate surface area is 208 Å². The molecule has 34 heavy (non-hydrogen) atoms. The molecule has 192 valence electrons. The summed E-state index contributed by atoms with van der Waals surface area (Å²) in [6.07, 6.45) is 3.77. The van der Waals surface area contributed by atoms with Crippen LogP contribution in [0.5, 0.6) is 0 Å². The Balaban J connectivity index is 2.14. The zero-order chi connectivity index (χ0) is 25.8. The summed E-state index contributed by atoms with van der Waals surface area (Å²) >= 11 is 1.53. The fraction of sp³-hybridized carbons (Fsp3) is 0.808. The molecule has 3 heterocycles. The van der Waals surface area contributed by atoms with Crippen molar-refractivity contribution in [1.82, 2.24) is 9.80 Å². The fourth-order valence-corrected chi connectivity index (χ4v) is 9.13. The summed E-state index contributed by atoms with van der Waals surface area (Å²) in [4.78, 5) is 44.1. The van der Waals surface area contributed by atoms with Gasteiger partial charge < -0.3 is 20.0 Å². The molecule has 3 fully saturated rings. The van der Waals surface area contributed by atoms with Crippen LogP contribution in [0.1, 0.15) is 67.7 Å². The summed E-state index contributed by atoms with van der Waals surface area (Å²) in [6, 6.07) is -1.35. The van der Waals surface area contributed by atoms with Gasteiger partial charge in [0, 0.05) is 17.3 Å². The van der Waals surface area contributed by atoms with Gasteiger partial charge in [0.05, 0.1) is 29.2 Å². The normalized spacial score (nSPS) is 31.7. The smallest absolute Gasteiger partial charge is 0.308 e. The van der Waals surface area contributed by atoms with Gasteiger partial charge in [-0.05, 0) is 44.4 Å². The number of carboxylic acid groups (broad SMARTS) is 1. The van der Waals surface area contributed by atoms with Gasteiger partial charge in [-0.1, -0.05) is 40.7 Å². The predicted octanol–water partition coefficient (Wildman–Crippen LogP) is 3.41. The van der Waals surface area contributed by atoms with Crippen LogP contribution in [0.3, 0.4) is 0 Å². The fourth-order valence-electron chi connectivity index (χ4n) is 6.93. The van der Waals surface area contributed by atoms with Crippen molar-refractivity contribution in [2.45, 2.75) is 95.3 Å². The summed E-state index contributed by atoms with van der Waals surface area (Å²) in [5.74, 6) is -3.05. The summed E-state index contributed by atoms with van der Waals surface area (Å²) in [5.41, 5.74) is -0.539. The number of nitrogens with zero attached hydrogens (tertiary/aromatic N) is 2. The molecule has 2 amide bonds. The van der Waals surface area contributed by atoms with Crippen molar-refractivity contribution in [2.75, 3.05) is 13.2 Å². The van der Waals surface area contributed by atoms with Crippen LogP contribution < -0.4 is 0 Å². The summed E-state index contributed by atoms with van der Waals surface area (Å²) < 4.78 is -0.776. The van der Waals surface area contributed by atoms with E-state index in [0.717, 1.165) is 6.42 Å². The van der Waals surface area contributed by atoms with Crippen molar-refractivity contribution < 1.29 is 24.6 Å². The number of aliphatic hydroxyl groups is 1. The zero-order valence-electron chi connectivity index (χ0n) is 21.7. The largest absolute Gasteiger partial charge is 0.481 e.